The van der Waals surface area contributed by atoms with Gasteiger partial charge in [0.05, 0.1) is 28.0 Å². The topological polar surface area (TPSA) is 56.6 Å². The summed E-state index contributed by atoms with van der Waals surface area (Å²) in [6, 6.07) is 6.86. The predicted molar refractivity (Wildman–Crippen MR) is 103 cm³/mol. The molecular formula is C19H22Cl2N2O2. The summed E-state index contributed by atoms with van der Waals surface area (Å²) in [6.45, 7) is 6.06. The maximum Gasteiger partial charge on any atom is 0.144 e. The molecule has 134 valence electrons. The van der Waals surface area contributed by atoms with Gasteiger partial charge in [0.15, 0.2) is 0 Å². The van der Waals surface area contributed by atoms with Crippen LogP contribution in [0.4, 0.5) is 5.69 Å². The third-order valence-corrected chi connectivity index (χ3v) is 5.69. The van der Waals surface area contributed by atoms with Crippen molar-refractivity contribution in [3.05, 3.63) is 40.0 Å². The van der Waals surface area contributed by atoms with Crippen molar-refractivity contribution in [1.82, 2.24) is 4.98 Å². The van der Waals surface area contributed by atoms with E-state index in [0.29, 0.717) is 32.4 Å². The van der Waals surface area contributed by atoms with Crippen LogP contribution in [-0.4, -0.2) is 28.3 Å². The molecule has 2 aromatic rings. The molecule has 25 heavy (non-hydrogen) atoms. The maximum absolute atomic E-state index is 10.5. The molecule has 0 radical (unpaired) electrons. The molecule has 1 fully saturated rings. The number of aromatic hydroxyl groups is 1. The van der Waals surface area contributed by atoms with Gasteiger partial charge in [-0.15, -0.1) is 0 Å². The number of aliphatic hydroxyl groups is 1. The molecule has 1 aromatic heterocycles. The second-order valence-electron chi connectivity index (χ2n) is 7.23. The summed E-state index contributed by atoms with van der Waals surface area (Å²) in [4.78, 5) is 6.66. The van der Waals surface area contributed by atoms with Crippen LogP contribution in [0, 0.1) is 5.41 Å². The van der Waals surface area contributed by atoms with E-state index in [0.717, 1.165) is 31.6 Å². The Hall–Kier alpha value is -1.49. The fourth-order valence-electron chi connectivity index (χ4n) is 3.16. The lowest BCUT2D eigenvalue weighted by Gasteiger charge is -2.38. The van der Waals surface area contributed by atoms with Crippen LogP contribution >= 0.6 is 23.2 Å². The van der Waals surface area contributed by atoms with Crippen LogP contribution in [0.2, 0.25) is 10.0 Å². The van der Waals surface area contributed by atoms with Gasteiger partial charge in [-0.2, -0.15) is 0 Å². The van der Waals surface area contributed by atoms with Gasteiger partial charge >= 0.3 is 0 Å². The largest absolute Gasteiger partial charge is 0.506 e. The van der Waals surface area contributed by atoms with Crippen molar-refractivity contribution in [3.8, 4) is 17.0 Å². The number of anilines is 1. The molecule has 0 saturated carbocycles. The zero-order valence-electron chi connectivity index (χ0n) is 14.4. The zero-order chi connectivity index (χ0) is 18.2. The van der Waals surface area contributed by atoms with Crippen LogP contribution in [0.3, 0.4) is 0 Å². The number of nitrogens with zero attached hydrogens (tertiary/aromatic N) is 2. The molecular weight excluding hydrogens is 359 g/mol. The highest BCUT2D eigenvalue weighted by Gasteiger charge is 2.27. The normalized spacial score (nSPS) is 16.9. The highest BCUT2D eigenvalue weighted by Crippen LogP contribution is 2.40. The first kappa shape index (κ1) is 18.3. The highest BCUT2D eigenvalue weighted by atomic mass is 35.5. The van der Waals surface area contributed by atoms with Gasteiger partial charge in [-0.1, -0.05) is 49.2 Å². The Morgan fingerprint density at radius 3 is 2.52 bits per heavy atom. The lowest BCUT2D eigenvalue weighted by Crippen LogP contribution is -2.37. The summed E-state index contributed by atoms with van der Waals surface area (Å²) in [5.41, 5.74) is 2.51. The van der Waals surface area contributed by atoms with Gasteiger partial charge in [-0.05, 0) is 24.3 Å². The Morgan fingerprint density at radius 1 is 1.20 bits per heavy atom. The molecule has 4 nitrogen and oxygen atoms in total. The molecule has 0 aliphatic carbocycles. The van der Waals surface area contributed by atoms with Crippen LogP contribution in [-0.2, 0) is 6.61 Å². The van der Waals surface area contributed by atoms with E-state index in [1.165, 1.54) is 0 Å². The summed E-state index contributed by atoms with van der Waals surface area (Å²) < 4.78 is 0. The quantitative estimate of drug-likeness (QED) is 0.796. The lowest BCUT2D eigenvalue weighted by molar-refractivity contribution is 0.269. The number of rotatable bonds is 3. The number of piperidine rings is 1. The first-order chi connectivity index (χ1) is 11.8. The van der Waals surface area contributed by atoms with E-state index in [-0.39, 0.29) is 12.4 Å². The molecule has 1 aliphatic rings. The first-order valence-corrected chi connectivity index (χ1v) is 9.11. The van der Waals surface area contributed by atoms with Crippen molar-refractivity contribution in [1.29, 1.82) is 0 Å². The van der Waals surface area contributed by atoms with Gasteiger partial charge in [0, 0.05) is 24.7 Å². The molecule has 1 saturated heterocycles. The molecule has 3 rings (SSSR count). The van der Waals surface area contributed by atoms with E-state index in [4.69, 9.17) is 23.2 Å². The van der Waals surface area contributed by atoms with Crippen molar-refractivity contribution in [2.24, 2.45) is 5.41 Å². The second-order valence-corrected chi connectivity index (χ2v) is 8.02. The fraction of sp³-hybridized carbons (Fsp3) is 0.421. The first-order valence-electron chi connectivity index (χ1n) is 8.35. The minimum atomic E-state index is -0.208. The molecule has 0 spiro atoms. The van der Waals surface area contributed by atoms with Crippen molar-refractivity contribution in [2.45, 2.75) is 33.3 Å². The third kappa shape index (κ3) is 3.71. The van der Waals surface area contributed by atoms with Crippen molar-refractivity contribution in [2.75, 3.05) is 18.0 Å². The van der Waals surface area contributed by atoms with Crippen LogP contribution in [0.15, 0.2) is 24.3 Å². The average molecular weight is 381 g/mol. The van der Waals surface area contributed by atoms with Crippen molar-refractivity contribution < 1.29 is 10.2 Å². The summed E-state index contributed by atoms with van der Waals surface area (Å²) >= 11 is 12.3. The number of halogens is 2. The fourth-order valence-corrected chi connectivity index (χ4v) is 3.55. The van der Waals surface area contributed by atoms with Crippen LogP contribution in [0.25, 0.3) is 11.3 Å². The number of benzene rings is 1. The Kier molecular flexibility index (Phi) is 5.14. The molecule has 0 atom stereocenters. The Balaban J connectivity index is 2.01. The molecule has 0 bridgehead atoms. The average Bonchev–Trinajstić information content (AvgIpc) is 2.57. The number of aliphatic hydroxyl groups excluding tert-OH is 1. The summed E-state index contributed by atoms with van der Waals surface area (Å²) in [5, 5.41) is 21.1. The molecule has 2 N–H and O–H groups in total. The van der Waals surface area contributed by atoms with Crippen LogP contribution in [0.1, 0.15) is 32.4 Å². The number of hydrogen-bond donors (Lipinski definition) is 2. The van der Waals surface area contributed by atoms with Crippen molar-refractivity contribution in [3.63, 3.8) is 0 Å². The number of pyridine rings is 1. The van der Waals surface area contributed by atoms with E-state index in [1.807, 2.05) is 0 Å². The minimum absolute atomic E-state index is 0.0289. The third-order valence-electron chi connectivity index (χ3n) is 4.87. The molecule has 1 aliphatic heterocycles. The van der Waals surface area contributed by atoms with Crippen LogP contribution in [0.5, 0.6) is 5.75 Å². The van der Waals surface area contributed by atoms with E-state index < -0.39 is 0 Å². The van der Waals surface area contributed by atoms with E-state index in [2.05, 4.69) is 23.7 Å². The predicted octanol–water partition coefficient (Wildman–Crippen LogP) is 4.88. The molecule has 1 aromatic carbocycles. The molecule has 0 amide bonds. The molecule has 0 unspecified atom stereocenters. The van der Waals surface area contributed by atoms with Gasteiger partial charge < -0.3 is 15.1 Å². The Bertz CT molecular complexity index is 783. The van der Waals surface area contributed by atoms with E-state index in [9.17, 15) is 10.2 Å². The number of aromatic nitrogens is 1. The summed E-state index contributed by atoms with van der Waals surface area (Å²) in [5.74, 6) is 0.0289. The van der Waals surface area contributed by atoms with E-state index >= 15 is 0 Å². The molecule has 6 heteroatoms. The standard InChI is InChI=1S/C19H22Cl2N2O2/c1-19(2)6-8-23(9-7-19)15-10-16(25)18(22-14(15)11-24)12-4-3-5-13(20)17(12)21/h3-5,10,24-25H,6-9,11H2,1-2H3. The minimum Gasteiger partial charge on any atom is -0.506 e. The Morgan fingerprint density at radius 2 is 1.88 bits per heavy atom. The molecule has 2 heterocycles. The van der Waals surface area contributed by atoms with E-state index in [1.54, 1.807) is 24.3 Å². The summed E-state index contributed by atoms with van der Waals surface area (Å²) in [7, 11) is 0. The van der Waals surface area contributed by atoms with Crippen LogP contribution < -0.4 is 4.90 Å². The van der Waals surface area contributed by atoms with Crippen molar-refractivity contribution >= 4 is 28.9 Å². The zero-order valence-corrected chi connectivity index (χ0v) is 15.9. The van der Waals surface area contributed by atoms with Gasteiger partial charge in [0.1, 0.15) is 11.4 Å². The highest BCUT2D eigenvalue weighted by molar-refractivity contribution is 6.43. The maximum atomic E-state index is 10.5. The lowest BCUT2D eigenvalue weighted by atomic mass is 9.82. The van der Waals surface area contributed by atoms with Gasteiger partial charge in [-0.3, -0.25) is 0 Å². The SMILES string of the molecule is CC1(C)CCN(c2cc(O)c(-c3cccc(Cl)c3Cl)nc2CO)CC1. The smallest absolute Gasteiger partial charge is 0.144 e. The monoisotopic (exact) mass is 380 g/mol. The van der Waals surface area contributed by atoms with Gasteiger partial charge in [0.2, 0.25) is 0 Å². The number of hydrogen-bond acceptors (Lipinski definition) is 4. The summed E-state index contributed by atoms with van der Waals surface area (Å²) in [6.07, 6.45) is 2.11. The second kappa shape index (κ2) is 7.02. The van der Waals surface area contributed by atoms with Gasteiger partial charge in [0.25, 0.3) is 0 Å². The Labute approximate surface area is 158 Å². The van der Waals surface area contributed by atoms with Gasteiger partial charge in [-0.25, -0.2) is 4.98 Å².